The summed E-state index contributed by atoms with van der Waals surface area (Å²) in [5, 5.41) is 16.0. The highest BCUT2D eigenvalue weighted by atomic mass is 16.3. The van der Waals surface area contributed by atoms with Crippen molar-refractivity contribution in [3.8, 4) is 5.88 Å². The Balaban J connectivity index is 2.93. The fourth-order valence-corrected chi connectivity index (χ4v) is 0.735. The lowest BCUT2D eigenvalue weighted by Gasteiger charge is -1.85. The third-order valence-electron chi connectivity index (χ3n) is 1.20. The molecule has 0 bridgehead atoms. The molecule has 2 heterocycles. The molecule has 50 valence electrons. The van der Waals surface area contributed by atoms with E-state index >= 15 is 0 Å². The highest BCUT2D eigenvalue weighted by molar-refractivity contribution is 5.51. The molecule has 0 atom stereocenters. The molecule has 0 aliphatic carbocycles. The van der Waals surface area contributed by atoms with Gasteiger partial charge in [0.2, 0.25) is 0 Å². The van der Waals surface area contributed by atoms with Crippen molar-refractivity contribution in [1.82, 2.24) is 19.8 Å². The molecule has 1 N–H and O–H groups in total. The van der Waals surface area contributed by atoms with Gasteiger partial charge in [0.25, 0.3) is 5.88 Å². The van der Waals surface area contributed by atoms with Crippen molar-refractivity contribution >= 4 is 5.52 Å². The van der Waals surface area contributed by atoms with Crippen LogP contribution in [0, 0.1) is 0 Å². The Bertz CT molecular complexity index is 355. The van der Waals surface area contributed by atoms with Crippen LogP contribution in [0.2, 0.25) is 0 Å². The van der Waals surface area contributed by atoms with Gasteiger partial charge in [-0.25, -0.2) is 4.52 Å². The summed E-state index contributed by atoms with van der Waals surface area (Å²) in [6.45, 7) is 0. The zero-order valence-electron chi connectivity index (χ0n) is 4.97. The summed E-state index contributed by atoms with van der Waals surface area (Å²) >= 11 is 0. The number of nitrogens with zero attached hydrogens (tertiary/aromatic N) is 4. The maximum Gasteiger partial charge on any atom is 0.260 e. The van der Waals surface area contributed by atoms with Crippen molar-refractivity contribution in [2.45, 2.75) is 0 Å². The molecule has 5 nitrogen and oxygen atoms in total. The van der Waals surface area contributed by atoms with Gasteiger partial charge in [0.05, 0.1) is 6.20 Å². The maximum absolute atomic E-state index is 8.98. The molecule has 0 saturated carbocycles. The highest BCUT2D eigenvalue weighted by Crippen LogP contribution is 2.09. The SMILES string of the molecule is Oc1nnn2ccncc12. The minimum Gasteiger partial charge on any atom is -0.491 e. The molecular formula is C5H4N4O. The molecule has 0 fully saturated rings. The summed E-state index contributed by atoms with van der Waals surface area (Å²) in [6, 6.07) is 0. The van der Waals surface area contributed by atoms with Gasteiger partial charge in [0, 0.05) is 12.4 Å². The molecule has 0 unspecified atom stereocenters. The number of fused-ring (bicyclic) bond motifs is 1. The van der Waals surface area contributed by atoms with E-state index in [1.165, 1.54) is 10.7 Å². The van der Waals surface area contributed by atoms with Crippen LogP contribution in [0.4, 0.5) is 0 Å². The van der Waals surface area contributed by atoms with Crippen molar-refractivity contribution in [2.24, 2.45) is 0 Å². The van der Waals surface area contributed by atoms with E-state index in [9.17, 15) is 0 Å². The van der Waals surface area contributed by atoms with Gasteiger partial charge in [-0.1, -0.05) is 10.3 Å². The first-order chi connectivity index (χ1) is 4.88. The summed E-state index contributed by atoms with van der Waals surface area (Å²) in [5.74, 6) is -0.0897. The lowest BCUT2D eigenvalue weighted by atomic mass is 10.6. The molecule has 5 heteroatoms. The van der Waals surface area contributed by atoms with E-state index in [1.807, 2.05) is 0 Å². The number of aromatic nitrogens is 4. The van der Waals surface area contributed by atoms with Gasteiger partial charge in [-0.15, -0.1) is 0 Å². The Morgan fingerprint density at radius 1 is 1.50 bits per heavy atom. The average Bonchev–Trinajstić information content (AvgIpc) is 2.34. The van der Waals surface area contributed by atoms with Crippen LogP contribution >= 0.6 is 0 Å². The zero-order chi connectivity index (χ0) is 6.97. The van der Waals surface area contributed by atoms with Crippen LogP contribution in [0.25, 0.3) is 5.52 Å². The van der Waals surface area contributed by atoms with Crippen LogP contribution in [0.15, 0.2) is 18.6 Å². The molecule has 0 aliphatic heterocycles. The lowest BCUT2D eigenvalue weighted by molar-refractivity contribution is 0.457. The van der Waals surface area contributed by atoms with E-state index in [2.05, 4.69) is 15.3 Å². The molecule has 0 aromatic carbocycles. The quantitative estimate of drug-likeness (QED) is 0.546. The van der Waals surface area contributed by atoms with Gasteiger partial charge >= 0.3 is 0 Å². The van der Waals surface area contributed by atoms with Crippen LogP contribution in [0.5, 0.6) is 5.88 Å². The molecule has 0 radical (unpaired) electrons. The van der Waals surface area contributed by atoms with E-state index in [0.29, 0.717) is 5.52 Å². The van der Waals surface area contributed by atoms with Gasteiger partial charge in [-0.2, -0.15) is 0 Å². The van der Waals surface area contributed by atoms with Crippen LogP contribution < -0.4 is 0 Å². The second-order valence-corrected chi connectivity index (χ2v) is 1.82. The van der Waals surface area contributed by atoms with Crippen molar-refractivity contribution in [3.63, 3.8) is 0 Å². The van der Waals surface area contributed by atoms with Gasteiger partial charge < -0.3 is 5.11 Å². The Morgan fingerprint density at radius 3 is 3.20 bits per heavy atom. The van der Waals surface area contributed by atoms with E-state index in [1.54, 1.807) is 12.4 Å². The summed E-state index contributed by atoms with van der Waals surface area (Å²) in [7, 11) is 0. The largest absolute Gasteiger partial charge is 0.491 e. The summed E-state index contributed by atoms with van der Waals surface area (Å²) in [6.07, 6.45) is 4.68. The first-order valence-corrected chi connectivity index (χ1v) is 2.72. The Hall–Kier alpha value is -1.65. The molecule has 2 aromatic heterocycles. The fourth-order valence-electron chi connectivity index (χ4n) is 0.735. The van der Waals surface area contributed by atoms with Gasteiger partial charge in [0.1, 0.15) is 5.52 Å². The van der Waals surface area contributed by atoms with E-state index in [-0.39, 0.29) is 5.88 Å². The molecule has 2 rings (SSSR count). The smallest absolute Gasteiger partial charge is 0.260 e. The van der Waals surface area contributed by atoms with Gasteiger partial charge in [0.15, 0.2) is 0 Å². The normalized spacial score (nSPS) is 10.4. The van der Waals surface area contributed by atoms with Crippen LogP contribution in [-0.4, -0.2) is 24.9 Å². The predicted octanol–water partition coefficient (Wildman–Crippen LogP) is -0.170. The summed E-state index contributed by atoms with van der Waals surface area (Å²) in [5.41, 5.74) is 0.516. The Morgan fingerprint density at radius 2 is 2.40 bits per heavy atom. The predicted molar refractivity (Wildman–Crippen MR) is 32.4 cm³/mol. The molecule has 0 amide bonds. The molecule has 0 spiro atoms. The topological polar surface area (TPSA) is 63.3 Å². The lowest BCUT2D eigenvalue weighted by Crippen LogP contribution is -1.85. The Kier molecular flexibility index (Phi) is 0.858. The van der Waals surface area contributed by atoms with Crippen molar-refractivity contribution < 1.29 is 5.11 Å². The molecule has 10 heavy (non-hydrogen) atoms. The molecule has 2 aromatic rings. The standard InChI is InChI=1S/C5H4N4O/c10-5-4-3-6-1-2-9(4)8-7-5/h1-3,10H. The molecular weight excluding hydrogens is 132 g/mol. The van der Waals surface area contributed by atoms with Gasteiger partial charge in [-0.05, 0) is 0 Å². The molecule has 0 saturated heterocycles. The molecule has 0 aliphatic rings. The van der Waals surface area contributed by atoms with E-state index in [4.69, 9.17) is 5.11 Å². The monoisotopic (exact) mass is 136 g/mol. The second-order valence-electron chi connectivity index (χ2n) is 1.82. The maximum atomic E-state index is 8.98. The first-order valence-electron chi connectivity index (χ1n) is 2.72. The number of hydrogen-bond donors (Lipinski definition) is 1. The number of hydrogen-bond acceptors (Lipinski definition) is 4. The highest BCUT2D eigenvalue weighted by Gasteiger charge is 2.00. The average molecular weight is 136 g/mol. The van der Waals surface area contributed by atoms with Crippen LogP contribution in [0.3, 0.4) is 0 Å². The third kappa shape index (κ3) is 0.540. The Labute approximate surface area is 55.9 Å². The minimum atomic E-state index is -0.0897. The minimum absolute atomic E-state index is 0.0897. The van der Waals surface area contributed by atoms with E-state index < -0.39 is 0 Å². The first kappa shape index (κ1) is 5.16. The van der Waals surface area contributed by atoms with Gasteiger partial charge in [-0.3, -0.25) is 4.98 Å². The van der Waals surface area contributed by atoms with Crippen molar-refractivity contribution in [1.29, 1.82) is 0 Å². The summed E-state index contributed by atoms with van der Waals surface area (Å²) < 4.78 is 1.45. The van der Waals surface area contributed by atoms with Crippen molar-refractivity contribution in [3.05, 3.63) is 18.6 Å². The second kappa shape index (κ2) is 1.66. The fraction of sp³-hybridized carbons (Fsp3) is 0. The van der Waals surface area contributed by atoms with Crippen molar-refractivity contribution in [2.75, 3.05) is 0 Å². The van der Waals surface area contributed by atoms with Crippen LogP contribution in [-0.2, 0) is 0 Å². The number of aromatic hydroxyl groups is 1. The summed E-state index contributed by atoms with van der Waals surface area (Å²) in [4.78, 5) is 3.79. The third-order valence-corrected chi connectivity index (χ3v) is 1.20. The number of rotatable bonds is 0. The zero-order valence-corrected chi connectivity index (χ0v) is 4.97. The van der Waals surface area contributed by atoms with E-state index in [0.717, 1.165) is 0 Å². The van der Waals surface area contributed by atoms with Crippen LogP contribution in [0.1, 0.15) is 0 Å².